The van der Waals surface area contributed by atoms with Crippen LogP contribution in [0.3, 0.4) is 0 Å². The van der Waals surface area contributed by atoms with Crippen LogP contribution in [0.4, 0.5) is 0 Å². The van der Waals surface area contributed by atoms with Crippen LogP contribution in [0, 0.1) is 6.92 Å². The second-order valence-corrected chi connectivity index (χ2v) is 9.76. The molecule has 0 saturated heterocycles. The maximum Gasteiger partial charge on any atom is 0.242 e. The van der Waals surface area contributed by atoms with Crippen LogP contribution in [0.2, 0.25) is 0 Å². The fraction of sp³-hybridized carbons (Fsp3) is 0.440. The Balaban J connectivity index is 2.12. The summed E-state index contributed by atoms with van der Waals surface area (Å²) in [6, 6.07) is 15.3. The Kier molecular flexibility index (Phi) is 8.99. The minimum atomic E-state index is -0.586. The fourth-order valence-electron chi connectivity index (χ4n) is 3.17. The molecule has 1 atom stereocenters. The van der Waals surface area contributed by atoms with Gasteiger partial charge in [-0.3, -0.25) is 9.59 Å². The lowest BCUT2D eigenvalue weighted by molar-refractivity contribution is -0.139. The molecule has 0 radical (unpaired) electrons. The Hall–Kier alpha value is -2.47. The number of amides is 2. The molecule has 2 aromatic rings. The lowest BCUT2D eigenvalue weighted by Gasteiger charge is -2.31. The number of benzene rings is 2. The van der Waals surface area contributed by atoms with Crippen molar-refractivity contribution in [2.45, 2.75) is 58.5 Å². The summed E-state index contributed by atoms with van der Waals surface area (Å²) in [5, 5.41) is 2.99. The minimum absolute atomic E-state index is 0.0583. The van der Waals surface area contributed by atoms with E-state index in [1.54, 1.807) is 30.7 Å². The first kappa shape index (κ1) is 24.8. The number of carbonyl (C=O) groups excluding carboxylic acids is 2. The van der Waals surface area contributed by atoms with E-state index in [2.05, 4.69) is 30.4 Å². The van der Waals surface area contributed by atoms with E-state index in [4.69, 9.17) is 4.74 Å². The molecule has 0 aliphatic heterocycles. The molecule has 0 saturated carbocycles. The summed E-state index contributed by atoms with van der Waals surface area (Å²) in [4.78, 5) is 27.6. The SMILES string of the molecule is COc1cccc(CN(C(=O)CSCc2cccc(C)c2)[C@@H](C)C(=O)NC(C)(C)C)c1. The molecule has 0 heterocycles. The first-order valence-corrected chi connectivity index (χ1v) is 11.6. The summed E-state index contributed by atoms with van der Waals surface area (Å²) in [6.07, 6.45) is 0. The monoisotopic (exact) mass is 442 g/mol. The van der Waals surface area contributed by atoms with Crippen molar-refractivity contribution in [1.82, 2.24) is 10.2 Å². The average molecular weight is 443 g/mol. The fourth-order valence-corrected chi connectivity index (χ4v) is 4.02. The van der Waals surface area contributed by atoms with E-state index in [-0.39, 0.29) is 17.4 Å². The molecular formula is C25H34N2O3S. The third-order valence-corrected chi connectivity index (χ3v) is 5.72. The molecule has 0 aromatic heterocycles. The van der Waals surface area contributed by atoms with Crippen molar-refractivity contribution >= 4 is 23.6 Å². The third kappa shape index (κ3) is 8.29. The highest BCUT2D eigenvalue weighted by Crippen LogP contribution is 2.19. The molecule has 1 N–H and O–H groups in total. The predicted molar refractivity (Wildman–Crippen MR) is 128 cm³/mol. The zero-order chi connectivity index (χ0) is 23.0. The Morgan fingerprint density at radius 3 is 2.42 bits per heavy atom. The summed E-state index contributed by atoms with van der Waals surface area (Å²) < 4.78 is 5.31. The maximum absolute atomic E-state index is 13.2. The van der Waals surface area contributed by atoms with Crippen LogP contribution < -0.4 is 10.1 Å². The van der Waals surface area contributed by atoms with E-state index in [9.17, 15) is 9.59 Å². The number of nitrogens with zero attached hydrogens (tertiary/aromatic N) is 1. The van der Waals surface area contributed by atoms with E-state index in [1.807, 2.05) is 51.1 Å². The lowest BCUT2D eigenvalue weighted by Crippen LogP contribution is -2.52. The normalized spacial score (nSPS) is 12.2. The molecule has 0 fully saturated rings. The number of nitrogens with one attached hydrogen (secondary N) is 1. The number of hydrogen-bond donors (Lipinski definition) is 1. The van der Waals surface area contributed by atoms with Crippen LogP contribution in [0.5, 0.6) is 5.75 Å². The number of carbonyl (C=O) groups is 2. The van der Waals surface area contributed by atoms with Gasteiger partial charge in [-0.2, -0.15) is 0 Å². The number of aryl methyl sites for hydroxylation is 1. The Morgan fingerprint density at radius 2 is 1.77 bits per heavy atom. The largest absolute Gasteiger partial charge is 0.497 e. The Morgan fingerprint density at radius 1 is 1.10 bits per heavy atom. The zero-order valence-electron chi connectivity index (χ0n) is 19.4. The summed E-state index contributed by atoms with van der Waals surface area (Å²) >= 11 is 1.56. The molecule has 2 rings (SSSR count). The van der Waals surface area contributed by atoms with Crippen LogP contribution in [0.15, 0.2) is 48.5 Å². The van der Waals surface area contributed by atoms with Gasteiger partial charge in [0.1, 0.15) is 11.8 Å². The van der Waals surface area contributed by atoms with Gasteiger partial charge in [0.15, 0.2) is 0 Å². The highest BCUT2D eigenvalue weighted by atomic mass is 32.2. The van der Waals surface area contributed by atoms with Gasteiger partial charge < -0.3 is 15.0 Å². The second kappa shape index (κ2) is 11.2. The first-order chi connectivity index (χ1) is 14.6. The molecule has 168 valence electrons. The van der Waals surface area contributed by atoms with Gasteiger partial charge in [0, 0.05) is 17.8 Å². The van der Waals surface area contributed by atoms with Gasteiger partial charge in [0.05, 0.1) is 12.9 Å². The van der Waals surface area contributed by atoms with Gasteiger partial charge in [0.2, 0.25) is 11.8 Å². The molecule has 0 bridgehead atoms. The maximum atomic E-state index is 13.2. The first-order valence-electron chi connectivity index (χ1n) is 10.5. The molecular weight excluding hydrogens is 408 g/mol. The average Bonchev–Trinajstić information content (AvgIpc) is 2.70. The molecule has 0 aliphatic carbocycles. The van der Waals surface area contributed by atoms with Crippen molar-refractivity contribution in [2.24, 2.45) is 0 Å². The highest BCUT2D eigenvalue weighted by Gasteiger charge is 2.28. The molecule has 2 amide bonds. The van der Waals surface area contributed by atoms with Gasteiger partial charge in [-0.15, -0.1) is 11.8 Å². The van der Waals surface area contributed by atoms with Crippen molar-refractivity contribution in [1.29, 1.82) is 0 Å². The van der Waals surface area contributed by atoms with Crippen molar-refractivity contribution in [3.63, 3.8) is 0 Å². The molecule has 0 unspecified atom stereocenters. The molecule has 6 heteroatoms. The minimum Gasteiger partial charge on any atom is -0.497 e. The molecule has 0 aliphatic rings. The smallest absolute Gasteiger partial charge is 0.242 e. The molecule has 2 aromatic carbocycles. The van der Waals surface area contributed by atoms with Gasteiger partial charge in [0.25, 0.3) is 0 Å². The van der Waals surface area contributed by atoms with E-state index in [0.717, 1.165) is 17.1 Å². The predicted octanol–water partition coefficient (Wildman–Crippen LogP) is 4.57. The van der Waals surface area contributed by atoms with Crippen molar-refractivity contribution in [3.05, 3.63) is 65.2 Å². The summed E-state index contributed by atoms with van der Waals surface area (Å²) in [5.74, 6) is 1.57. The van der Waals surface area contributed by atoms with E-state index < -0.39 is 6.04 Å². The molecule has 0 spiro atoms. The van der Waals surface area contributed by atoms with E-state index in [1.165, 1.54) is 11.1 Å². The van der Waals surface area contributed by atoms with Crippen molar-refractivity contribution < 1.29 is 14.3 Å². The number of methoxy groups -OCH3 is 1. The topological polar surface area (TPSA) is 58.6 Å². The zero-order valence-corrected chi connectivity index (χ0v) is 20.2. The summed E-state index contributed by atoms with van der Waals surface area (Å²) in [6.45, 7) is 9.99. The molecule has 31 heavy (non-hydrogen) atoms. The van der Waals surface area contributed by atoms with Crippen LogP contribution >= 0.6 is 11.8 Å². The number of rotatable bonds is 9. The van der Waals surface area contributed by atoms with E-state index >= 15 is 0 Å². The van der Waals surface area contributed by atoms with Crippen LogP contribution in [0.25, 0.3) is 0 Å². The number of ether oxygens (including phenoxy) is 1. The van der Waals surface area contributed by atoms with Crippen LogP contribution in [-0.4, -0.2) is 41.2 Å². The molecule has 5 nitrogen and oxygen atoms in total. The standard InChI is InChI=1S/C25H34N2O3S/c1-18-9-7-11-21(13-18)16-31-17-23(28)27(19(2)24(29)26-25(3,4)5)15-20-10-8-12-22(14-20)30-6/h7-14,19H,15-17H2,1-6H3,(H,26,29)/t19-/m0/s1. The highest BCUT2D eigenvalue weighted by molar-refractivity contribution is 7.99. The van der Waals surface area contributed by atoms with Crippen LogP contribution in [0.1, 0.15) is 44.4 Å². The van der Waals surface area contributed by atoms with Crippen molar-refractivity contribution in [2.75, 3.05) is 12.9 Å². The van der Waals surface area contributed by atoms with Crippen molar-refractivity contribution in [3.8, 4) is 5.75 Å². The Labute approximate surface area is 190 Å². The van der Waals surface area contributed by atoms with Gasteiger partial charge in [-0.05, 0) is 57.9 Å². The quantitative estimate of drug-likeness (QED) is 0.618. The lowest BCUT2D eigenvalue weighted by atomic mass is 10.1. The van der Waals surface area contributed by atoms with Gasteiger partial charge >= 0.3 is 0 Å². The van der Waals surface area contributed by atoms with Gasteiger partial charge in [-0.25, -0.2) is 0 Å². The van der Waals surface area contributed by atoms with Gasteiger partial charge in [-0.1, -0.05) is 42.0 Å². The summed E-state index contributed by atoms with van der Waals surface area (Å²) in [7, 11) is 1.61. The summed E-state index contributed by atoms with van der Waals surface area (Å²) in [5.41, 5.74) is 2.95. The number of hydrogen-bond acceptors (Lipinski definition) is 4. The second-order valence-electron chi connectivity index (χ2n) is 8.77. The third-order valence-electron chi connectivity index (χ3n) is 4.73. The van der Waals surface area contributed by atoms with Crippen LogP contribution in [-0.2, 0) is 21.9 Å². The number of thioether (sulfide) groups is 1. The van der Waals surface area contributed by atoms with E-state index in [0.29, 0.717) is 12.3 Å². The Bertz CT molecular complexity index is 892.